The summed E-state index contributed by atoms with van der Waals surface area (Å²) in [7, 11) is 0. The first kappa shape index (κ1) is 13.6. The minimum absolute atomic E-state index is 0.249. The number of amides is 1. The average Bonchev–Trinajstić information content (AvgIpc) is 3.11. The van der Waals surface area contributed by atoms with Crippen molar-refractivity contribution >= 4 is 22.4 Å². The number of aromatic amines is 1. The molecule has 1 amide bonds. The second-order valence-corrected chi connectivity index (χ2v) is 5.87. The van der Waals surface area contributed by atoms with Gasteiger partial charge in [-0.15, -0.1) is 11.3 Å². The molecule has 3 heterocycles. The molecule has 0 saturated carbocycles. The van der Waals surface area contributed by atoms with Gasteiger partial charge in [-0.1, -0.05) is 0 Å². The smallest absolute Gasteiger partial charge is 0.261 e. The Morgan fingerprint density at radius 1 is 1.38 bits per heavy atom. The Bertz CT molecular complexity index is 767. The zero-order chi connectivity index (χ0) is 15.0. The molecule has 7 heteroatoms. The molecule has 0 bridgehead atoms. The number of carbonyl (C=O) groups excluding carboxylic acids is 1. The molecule has 0 radical (unpaired) electrons. The monoisotopic (exact) mass is 302 g/mol. The maximum absolute atomic E-state index is 12.5. The summed E-state index contributed by atoms with van der Waals surface area (Å²) in [6, 6.07) is 3.53. The SMILES string of the molecule is Cc1nc(NC(=O)c2c(-c3ccco3)n[nH]c2C)sc1C. The standard InChI is InChI=1S/C14H14N4O2S/c1-7-9(3)21-14(15-7)16-13(19)11-8(2)17-18-12(11)10-5-4-6-20-10/h4-6H,1-3H3,(H,17,18)(H,15,16,19). The van der Waals surface area contributed by atoms with Crippen LogP contribution in [0.25, 0.3) is 11.5 Å². The van der Waals surface area contributed by atoms with Crippen molar-refractivity contribution in [3.63, 3.8) is 0 Å². The summed E-state index contributed by atoms with van der Waals surface area (Å²) >= 11 is 1.45. The minimum atomic E-state index is -0.249. The van der Waals surface area contributed by atoms with Gasteiger partial charge in [-0.2, -0.15) is 5.10 Å². The molecule has 3 aromatic heterocycles. The van der Waals surface area contributed by atoms with Crippen molar-refractivity contribution in [1.82, 2.24) is 15.2 Å². The third-order valence-electron chi connectivity index (χ3n) is 3.18. The van der Waals surface area contributed by atoms with E-state index < -0.39 is 0 Å². The van der Waals surface area contributed by atoms with Crippen LogP contribution in [0.3, 0.4) is 0 Å². The molecule has 3 aromatic rings. The predicted molar refractivity (Wildman–Crippen MR) is 80.6 cm³/mol. The van der Waals surface area contributed by atoms with E-state index in [0.717, 1.165) is 10.6 Å². The third-order valence-corrected chi connectivity index (χ3v) is 4.17. The molecule has 0 atom stereocenters. The molecule has 3 rings (SSSR count). The van der Waals surface area contributed by atoms with Gasteiger partial charge in [0.15, 0.2) is 10.9 Å². The minimum Gasteiger partial charge on any atom is -0.463 e. The second-order valence-electron chi connectivity index (χ2n) is 4.66. The summed E-state index contributed by atoms with van der Waals surface area (Å²) in [6.07, 6.45) is 1.55. The van der Waals surface area contributed by atoms with E-state index in [1.54, 1.807) is 25.3 Å². The number of hydrogen-bond acceptors (Lipinski definition) is 5. The molecule has 0 aliphatic heterocycles. The van der Waals surface area contributed by atoms with E-state index >= 15 is 0 Å². The summed E-state index contributed by atoms with van der Waals surface area (Å²) in [6.45, 7) is 5.69. The lowest BCUT2D eigenvalue weighted by Crippen LogP contribution is -2.13. The number of aryl methyl sites for hydroxylation is 3. The van der Waals surface area contributed by atoms with Crippen molar-refractivity contribution in [2.24, 2.45) is 0 Å². The molecule has 0 aliphatic carbocycles. The lowest BCUT2D eigenvalue weighted by atomic mass is 10.1. The summed E-state index contributed by atoms with van der Waals surface area (Å²) in [5, 5.41) is 10.4. The first-order chi connectivity index (χ1) is 10.1. The molecule has 0 spiro atoms. The quantitative estimate of drug-likeness (QED) is 0.777. The van der Waals surface area contributed by atoms with Crippen LogP contribution in [-0.4, -0.2) is 21.1 Å². The van der Waals surface area contributed by atoms with Gasteiger partial charge in [0, 0.05) is 10.6 Å². The van der Waals surface area contributed by atoms with Gasteiger partial charge in [0.2, 0.25) is 0 Å². The van der Waals surface area contributed by atoms with Crippen molar-refractivity contribution < 1.29 is 9.21 Å². The van der Waals surface area contributed by atoms with E-state index in [-0.39, 0.29) is 5.91 Å². The molecular formula is C14H14N4O2S. The number of furan rings is 1. The Hall–Kier alpha value is -2.41. The van der Waals surface area contributed by atoms with Gasteiger partial charge in [0.05, 0.1) is 17.5 Å². The number of nitrogens with zero attached hydrogens (tertiary/aromatic N) is 2. The van der Waals surface area contributed by atoms with Crippen molar-refractivity contribution in [2.75, 3.05) is 5.32 Å². The summed E-state index contributed by atoms with van der Waals surface area (Å²) in [5.74, 6) is 0.303. The molecule has 21 heavy (non-hydrogen) atoms. The van der Waals surface area contributed by atoms with Crippen molar-refractivity contribution in [1.29, 1.82) is 0 Å². The summed E-state index contributed by atoms with van der Waals surface area (Å²) < 4.78 is 5.32. The zero-order valence-corrected chi connectivity index (χ0v) is 12.7. The Labute approximate surface area is 125 Å². The highest BCUT2D eigenvalue weighted by Gasteiger charge is 2.22. The molecule has 0 aromatic carbocycles. The van der Waals surface area contributed by atoms with Crippen LogP contribution >= 0.6 is 11.3 Å². The largest absolute Gasteiger partial charge is 0.463 e. The van der Waals surface area contributed by atoms with E-state index in [4.69, 9.17) is 4.42 Å². The molecule has 6 nitrogen and oxygen atoms in total. The number of carbonyl (C=O) groups is 1. The van der Waals surface area contributed by atoms with Gasteiger partial charge in [-0.05, 0) is 32.9 Å². The Kier molecular flexibility index (Phi) is 3.34. The van der Waals surface area contributed by atoms with Crippen LogP contribution in [0.5, 0.6) is 0 Å². The van der Waals surface area contributed by atoms with Crippen molar-refractivity contribution in [2.45, 2.75) is 20.8 Å². The van der Waals surface area contributed by atoms with Crippen LogP contribution in [0.4, 0.5) is 5.13 Å². The second kappa shape index (κ2) is 5.17. The van der Waals surface area contributed by atoms with Gasteiger partial charge < -0.3 is 4.42 Å². The normalized spacial score (nSPS) is 10.8. The number of anilines is 1. The van der Waals surface area contributed by atoms with Crippen LogP contribution in [-0.2, 0) is 0 Å². The van der Waals surface area contributed by atoms with Crippen LogP contribution in [0, 0.1) is 20.8 Å². The van der Waals surface area contributed by atoms with E-state index in [9.17, 15) is 4.79 Å². The zero-order valence-electron chi connectivity index (χ0n) is 11.9. The topological polar surface area (TPSA) is 83.8 Å². The fourth-order valence-corrected chi connectivity index (χ4v) is 2.79. The highest BCUT2D eigenvalue weighted by atomic mass is 32.1. The number of thiazole rings is 1. The maximum Gasteiger partial charge on any atom is 0.261 e. The maximum atomic E-state index is 12.5. The molecule has 108 valence electrons. The third kappa shape index (κ3) is 2.47. The molecule has 0 fully saturated rings. The van der Waals surface area contributed by atoms with Crippen LogP contribution in [0.1, 0.15) is 26.6 Å². The van der Waals surface area contributed by atoms with Gasteiger partial charge in [-0.3, -0.25) is 15.2 Å². The Morgan fingerprint density at radius 3 is 2.81 bits per heavy atom. The number of aromatic nitrogens is 3. The van der Waals surface area contributed by atoms with Crippen LogP contribution in [0.2, 0.25) is 0 Å². The molecule has 0 aliphatic rings. The van der Waals surface area contributed by atoms with Crippen molar-refractivity contribution in [3.05, 3.63) is 40.2 Å². The first-order valence-corrected chi connectivity index (χ1v) is 7.22. The van der Waals surface area contributed by atoms with Gasteiger partial charge in [-0.25, -0.2) is 4.98 Å². The lowest BCUT2D eigenvalue weighted by Gasteiger charge is -2.02. The van der Waals surface area contributed by atoms with Gasteiger partial charge in [0.25, 0.3) is 5.91 Å². The highest BCUT2D eigenvalue weighted by molar-refractivity contribution is 7.15. The van der Waals surface area contributed by atoms with Gasteiger partial charge >= 0.3 is 0 Å². The van der Waals surface area contributed by atoms with E-state index in [2.05, 4.69) is 20.5 Å². The van der Waals surface area contributed by atoms with E-state index in [0.29, 0.717) is 27.8 Å². The number of H-pyrrole nitrogens is 1. The molecule has 0 saturated heterocycles. The van der Waals surface area contributed by atoms with Gasteiger partial charge in [0.1, 0.15) is 5.69 Å². The molecule has 0 unspecified atom stereocenters. The van der Waals surface area contributed by atoms with E-state index in [1.165, 1.54) is 11.3 Å². The fraction of sp³-hybridized carbons (Fsp3) is 0.214. The first-order valence-electron chi connectivity index (χ1n) is 6.40. The van der Waals surface area contributed by atoms with Crippen molar-refractivity contribution in [3.8, 4) is 11.5 Å². The Balaban J connectivity index is 1.93. The number of hydrogen-bond donors (Lipinski definition) is 2. The summed E-state index contributed by atoms with van der Waals surface area (Å²) in [4.78, 5) is 17.9. The van der Waals surface area contributed by atoms with E-state index in [1.807, 2.05) is 13.8 Å². The number of rotatable bonds is 3. The predicted octanol–water partition coefficient (Wildman–Crippen LogP) is 3.30. The van der Waals surface area contributed by atoms with Crippen LogP contribution < -0.4 is 5.32 Å². The Morgan fingerprint density at radius 2 is 2.19 bits per heavy atom. The number of nitrogens with one attached hydrogen (secondary N) is 2. The fourth-order valence-electron chi connectivity index (χ4n) is 1.98. The lowest BCUT2D eigenvalue weighted by molar-refractivity contribution is 0.102. The summed E-state index contributed by atoms with van der Waals surface area (Å²) in [5.41, 5.74) is 2.57. The highest BCUT2D eigenvalue weighted by Crippen LogP contribution is 2.26. The molecular weight excluding hydrogens is 288 g/mol. The molecule has 2 N–H and O–H groups in total. The van der Waals surface area contributed by atoms with Crippen LogP contribution in [0.15, 0.2) is 22.8 Å². The average molecular weight is 302 g/mol.